The van der Waals surface area contributed by atoms with Crippen LogP contribution < -0.4 is 0 Å². The van der Waals surface area contributed by atoms with Gasteiger partial charge < -0.3 is 5.11 Å². The fourth-order valence-electron chi connectivity index (χ4n) is 2.31. The van der Waals surface area contributed by atoms with Crippen LogP contribution in [0, 0.1) is 6.92 Å². The van der Waals surface area contributed by atoms with E-state index in [1.54, 1.807) is 11.8 Å². The van der Waals surface area contributed by atoms with E-state index in [1.165, 1.54) is 5.56 Å². The third-order valence-corrected chi connectivity index (χ3v) is 5.03. The van der Waals surface area contributed by atoms with Crippen molar-refractivity contribution in [3.05, 3.63) is 64.7 Å². The van der Waals surface area contributed by atoms with Crippen molar-refractivity contribution >= 4 is 28.2 Å². The average Bonchev–Trinajstić information content (AvgIpc) is 2.46. The molecule has 0 aliphatic rings. The lowest BCUT2D eigenvalue weighted by atomic mass is 9.84. The smallest absolute Gasteiger partial charge is 0.128 e. The van der Waals surface area contributed by atoms with E-state index >= 15 is 0 Å². The zero-order valence-corrected chi connectivity index (χ0v) is 15.1. The van der Waals surface area contributed by atoms with Crippen LogP contribution in [0.5, 0.6) is 5.75 Å². The summed E-state index contributed by atoms with van der Waals surface area (Å²) < 4.78 is 0.746. The molecule has 0 saturated carbocycles. The van der Waals surface area contributed by atoms with Crippen LogP contribution in [-0.4, -0.2) is 9.30 Å². The van der Waals surface area contributed by atoms with E-state index < -0.39 is 0 Å². The number of phenols is 1. The van der Waals surface area contributed by atoms with Gasteiger partial charge >= 0.3 is 0 Å². The van der Waals surface area contributed by atoms with E-state index in [9.17, 15) is 5.11 Å². The van der Waals surface area contributed by atoms with Gasteiger partial charge in [0, 0.05) is 16.9 Å². The first kappa shape index (κ1) is 17.0. The van der Waals surface area contributed by atoms with E-state index in [0.29, 0.717) is 5.75 Å². The Morgan fingerprint density at radius 1 is 1.14 bits per heavy atom. The number of hydrogen-bond donors (Lipinski definition) is 1. The summed E-state index contributed by atoms with van der Waals surface area (Å²) in [5.74, 6) is 1.14. The number of aryl methyl sites for hydroxylation is 1. The van der Waals surface area contributed by atoms with Gasteiger partial charge in [-0.05, 0) is 29.5 Å². The van der Waals surface area contributed by atoms with Crippen LogP contribution in [0.1, 0.15) is 43.0 Å². The molecule has 0 saturated heterocycles. The fraction of sp³-hybridized carbons (Fsp3) is 0.316. The van der Waals surface area contributed by atoms with Crippen LogP contribution in [0.3, 0.4) is 0 Å². The molecule has 1 N–H and O–H groups in total. The zero-order chi connectivity index (χ0) is 16.3. The monoisotopic (exact) mass is 330 g/mol. The predicted molar refractivity (Wildman–Crippen MR) is 101 cm³/mol. The Morgan fingerprint density at radius 2 is 1.77 bits per heavy atom. The summed E-state index contributed by atoms with van der Waals surface area (Å²) in [6.45, 7) is 8.35. The summed E-state index contributed by atoms with van der Waals surface area (Å²) in [6, 6.07) is 14.3. The Kier molecular flexibility index (Phi) is 5.30. The minimum atomic E-state index is -0.107. The second kappa shape index (κ2) is 6.84. The van der Waals surface area contributed by atoms with E-state index in [0.717, 1.165) is 26.6 Å². The topological polar surface area (TPSA) is 20.2 Å². The number of benzene rings is 2. The molecule has 116 valence electrons. The Bertz CT molecular complexity index is 670. The normalized spacial score (nSPS) is 11.5. The van der Waals surface area contributed by atoms with Crippen molar-refractivity contribution in [3.8, 4) is 5.75 Å². The van der Waals surface area contributed by atoms with Gasteiger partial charge in [0.1, 0.15) is 5.75 Å². The molecular formula is C19H22OS2. The first-order chi connectivity index (χ1) is 10.3. The second-order valence-electron chi connectivity index (χ2n) is 6.52. The molecule has 1 nitrogen and oxygen atoms in total. The predicted octanol–water partition coefficient (Wildman–Crippen LogP) is 5.61. The van der Waals surface area contributed by atoms with Crippen molar-refractivity contribution in [3.63, 3.8) is 0 Å². The molecule has 0 amide bonds. The van der Waals surface area contributed by atoms with Crippen LogP contribution in [0.15, 0.2) is 42.5 Å². The summed E-state index contributed by atoms with van der Waals surface area (Å²) in [4.78, 5) is 0. The van der Waals surface area contributed by atoms with Gasteiger partial charge in [0.2, 0.25) is 0 Å². The molecule has 0 aliphatic carbocycles. The number of aromatic hydroxyl groups is 1. The van der Waals surface area contributed by atoms with Crippen molar-refractivity contribution in [1.29, 1.82) is 0 Å². The Balaban J connectivity index is 2.25. The average molecular weight is 331 g/mol. The van der Waals surface area contributed by atoms with E-state index in [2.05, 4.69) is 32.9 Å². The van der Waals surface area contributed by atoms with Gasteiger partial charge in [0.05, 0.1) is 4.20 Å². The minimum absolute atomic E-state index is 0.107. The lowest BCUT2D eigenvalue weighted by molar-refractivity contribution is 0.445. The molecule has 0 bridgehead atoms. The minimum Gasteiger partial charge on any atom is -0.507 e. The largest absolute Gasteiger partial charge is 0.507 e. The van der Waals surface area contributed by atoms with E-state index in [1.807, 2.05) is 37.3 Å². The molecule has 2 aromatic rings. The van der Waals surface area contributed by atoms with Crippen LogP contribution in [0.4, 0.5) is 0 Å². The van der Waals surface area contributed by atoms with Crippen molar-refractivity contribution in [1.82, 2.24) is 0 Å². The lowest BCUT2D eigenvalue weighted by Crippen LogP contribution is -2.13. The molecule has 0 fully saturated rings. The molecule has 0 atom stereocenters. The van der Waals surface area contributed by atoms with Crippen molar-refractivity contribution < 1.29 is 5.11 Å². The van der Waals surface area contributed by atoms with Gasteiger partial charge in [0.25, 0.3) is 0 Å². The van der Waals surface area contributed by atoms with Crippen LogP contribution in [0.25, 0.3) is 0 Å². The van der Waals surface area contributed by atoms with Crippen LogP contribution >= 0.6 is 24.0 Å². The zero-order valence-electron chi connectivity index (χ0n) is 13.5. The van der Waals surface area contributed by atoms with Gasteiger partial charge in [-0.3, -0.25) is 0 Å². The van der Waals surface area contributed by atoms with Gasteiger partial charge in [-0.1, -0.05) is 69.4 Å². The standard InChI is InChI=1S/C19H22OS2/c1-13-10-15(17(20)16(11-13)19(2,3)4)18(21)22-12-14-8-6-5-7-9-14/h5-11,20H,12H2,1-4H3. The second-order valence-corrected chi connectivity index (χ2v) is 8.17. The fourth-order valence-corrected chi connectivity index (χ4v) is 3.44. The first-order valence-corrected chi connectivity index (χ1v) is 8.73. The van der Waals surface area contributed by atoms with E-state index in [-0.39, 0.29) is 5.41 Å². The van der Waals surface area contributed by atoms with Gasteiger partial charge in [-0.15, -0.1) is 11.8 Å². The maximum Gasteiger partial charge on any atom is 0.128 e. The maximum absolute atomic E-state index is 10.6. The summed E-state index contributed by atoms with van der Waals surface area (Å²) in [6.07, 6.45) is 0. The Morgan fingerprint density at radius 3 is 2.36 bits per heavy atom. The first-order valence-electron chi connectivity index (χ1n) is 7.34. The third kappa shape index (κ3) is 4.11. The van der Waals surface area contributed by atoms with Crippen molar-refractivity contribution in [2.45, 2.75) is 38.9 Å². The number of thiocarbonyl (C=S) groups is 1. The van der Waals surface area contributed by atoms with Gasteiger partial charge in [-0.25, -0.2) is 0 Å². The molecule has 3 heteroatoms. The lowest BCUT2D eigenvalue weighted by Gasteiger charge is -2.23. The molecule has 2 rings (SSSR count). The summed E-state index contributed by atoms with van der Waals surface area (Å²) in [7, 11) is 0. The molecule has 0 heterocycles. The highest BCUT2D eigenvalue weighted by Crippen LogP contribution is 2.36. The van der Waals surface area contributed by atoms with Gasteiger partial charge in [-0.2, -0.15) is 0 Å². The molecular weight excluding hydrogens is 308 g/mol. The molecule has 0 aliphatic heterocycles. The van der Waals surface area contributed by atoms with Crippen LogP contribution in [-0.2, 0) is 11.2 Å². The SMILES string of the molecule is Cc1cc(C(=S)SCc2ccccc2)c(O)c(C(C)(C)C)c1. The molecule has 0 unspecified atom stereocenters. The number of hydrogen-bond acceptors (Lipinski definition) is 3. The number of rotatable bonds is 3. The van der Waals surface area contributed by atoms with Gasteiger partial charge in [0.15, 0.2) is 0 Å². The third-order valence-electron chi connectivity index (χ3n) is 3.49. The Hall–Kier alpha value is -1.32. The highest BCUT2D eigenvalue weighted by atomic mass is 32.2. The molecule has 0 spiro atoms. The molecule has 0 aromatic heterocycles. The number of phenolic OH excluding ortho intramolecular Hbond substituents is 1. The quantitative estimate of drug-likeness (QED) is 0.739. The molecule has 22 heavy (non-hydrogen) atoms. The van der Waals surface area contributed by atoms with Crippen molar-refractivity contribution in [2.24, 2.45) is 0 Å². The summed E-state index contributed by atoms with van der Waals surface area (Å²) in [5.41, 5.74) is 3.98. The van der Waals surface area contributed by atoms with Crippen LogP contribution in [0.2, 0.25) is 0 Å². The maximum atomic E-state index is 10.6. The summed E-state index contributed by atoms with van der Waals surface area (Å²) in [5, 5.41) is 10.6. The van der Waals surface area contributed by atoms with Crippen molar-refractivity contribution in [2.75, 3.05) is 0 Å². The van der Waals surface area contributed by atoms with E-state index in [4.69, 9.17) is 12.2 Å². The molecule has 2 aromatic carbocycles. The number of thioether (sulfide) groups is 1. The highest BCUT2D eigenvalue weighted by Gasteiger charge is 2.22. The molecule has 0 radical (unpaired) electrons. The summed E-state index contributed by atoms with van der Waals surface area (Å²) >= 11 is 7.15. The highest BCUT2D eigenvalue weighted by molar-refractivity contribution is 8.23. The Labute approximate surface area is 142 Å².